The standard InChI is InChI=1S/C20H25ClN4O6/c1-2-30-20-13(9-16(27)31-20)24-19(29)14-7-4-8-25(14)15(26)10-23-18(28)11-5-3-6-12(22)17(11)21/h3,5-6,13-14,20H,2,4,7-10,22H2,1H3,(H,23,28)(H,24,29)/t13-,14-,20+/m0/s1. The molecule has 3 amide bonds. The molecular formula is C20H25ClN4O6. The van der Waals surface area contributed by atoms with Gasteiger partial charge in [0.25, 0.3) is 5.91 Å². The summed E-state index contributed by atoms with van der Waals surface area (Å²) in [5.41, 5.74) is 6.12. The molecule has 0 saturated carbocycles. The fourth-order valence-corrected chi connectivity index (χ4v) is 3.88. The third-order valence-electron chi connectivity index (χ3n) is 5.17. The molecule has 0 aromatic heterocycles. The zero-order chi connectivity index (χ0) is 22.5. The van der Waals surface area contributed by atoms with Gasteiger partial charge in [0.2, 0.25) is 18.1 Å². The summed E-state index contributed by atoms with van der Waals surface area (Å²) in [6.45, 7) is 2.18. The number of benzene rings is 1. The van der Waals surface area contributed by atoms with E-state index in [0.717, 1.165) is 0 Å². The summed E-state index contributed by atoms with van der Waals surface area (Å²) < 4.78 is 10.4. The maximum atomic E-state index is 12.8. The summed E-state index contributed by atoms with van der Waals surface area (Å²) in [7, 11) is 0. The van der Waals surface area contributed by atoms with Crippen molar-refractivity contribution in [2.24, 2.45) is 0 Å². The fraction of sp³-hybridized carbons (Fsp3) is 0.500. The molecule has 0 aliphatic carbocycles. The van der Waals surface area contributed by atoms with Crippen LogP contribution in [0, 0.1) is 0 Å². The Bertz CT molecular complexity index is 879. The summed E-state index contributed by atoms with van der Waals surface area (Å²) >= 11 is 6.04. The number of anilines is 1. The summed E-state index contributed by atoms with van der Waals surface area (Å²) in [4.78, 5) is 50.8. The van der Waals surface area contributed by atoms with Crippen molar-refractivity contribution in [1.82, 2.24) is 15.5 Å². The molecule has 0 unspecified atom stereocenters. The van der Waals surface area contributed by atoms with E-state index in [1.807, 2.05) is 0 Å². The van der Waals surface area contributed by atoms with Gasteiger partial charge in [-0.15, -0.1) is 0 Å². The van der Waals surface area contributed by atoms with Crippen molar-refractivity contribution in [3.8, 4) is 0 Å². The Morgan fingerprint density at radius 1 is 1.35 bits per heavy atom. The van der Waals surface area contributed by atoms with Crippen LogP contribution in [0.15, 0.2) is 18.2 Å². The summed E-state index contributed by atoms with van der Waals surface area (Å²) in [6, 6.07) is 3.36. The number of esters is 1. The molecule has 2 fully saturated rings. The summed E-state index contributed by atoms with van der Waals surface area (Å²) in [5, 5.41) is 5.39. The number of nitrogens with zero attached hydrogens (tertiary/aromatic N) is 1. The Labute approximate surface area is 184 Å². The largest absolute Gasteiger partial charge is 0.433 e. The highest BCUT2D eigenvalue weighted by molar-refractivity contribution is 6.36. The van der Waals surface area contributed by atoms with Gasteiger partial charge in [-0.05, 0) is 31.9 Å². The van der Waals surface area contributed by atoms with Crippen molar-refractivity contribution in [3.05, 3.63) is 28.8 Å². The molecule has 168 valence electrons. The van der Waals surface area contributed by atoms with Crippen LogP contribution in [-0.2, 0) is 23.9 Å². The SMILES string of the molecule is CCO[C@@H]1OC(=O)C[C@@H]1NC(=O)[C@@H]1CCCN1C(=O)CNC(=O)c1cccc(N)c1Cl. The van der Waals surface area contributed by atoms with Crippen molar-refractivity contribution < 1.29 is 28.7 Å². The third kappa shape index (κ3) is 5.26. The second-order valence-corrected chi connectivity index (χ2v) is 7.65. The van der Waals surface area contributed by atoms with Gasteiger partial charge in [-0.1, -0.05) is 17.7 Å². The van der Waals surface area contributed by atoms with Gasteiger partial charge in [0.1, 0.15) is 12.1 Å². The minimum absolute atomic E-state index is 0.00803. The zero-order valence-electron chi connectivity index (χ0n) is 17.1. The number of nitrogens with one attached hydrogen (secondary N) is 2. The van der Waals surface area contributed by atoms with Gasteiger partial charge >= 0.3 is 5.97 Å². The molecule has 10 nitrogen and oxygen atoms in total. The average Bonchev–Trinajstić information content (AvgIpc) is 3.35. The highest BCUT2D eigenvalue weighted by atomic mass is 35.5. The Kier molecular flexibility index (Phi) is 7.34. The van der Waals surface area contributed by atoms with E-state index in [2.05, 4.69) is 10.6 Å². The lowest BCUT2D eigenvalue weighted by atomic mass is 10.1. The van der Waals surface area contributed by atoms with Gasteiger partial charge in [0.05, 0.1) is 29.2 Å². The van der Waals surface area contributed by atoms with Crippen LogP contribution in [0.25, 0.3) is 0 Å². The van der Waals surface area contributed by atoms with Crippen LogP contribution < -0.4 is 16.4 Å². The fourth-order valence-electron chi connectivity index (χ4n) is 3.66. The van der Waals surface area contributed by atoms with Crippen LogP contribution >= 0.6 is 11.6 Å². The summed E-state index contributed by atoms with van der Waals surface area (Å²) in [6.07, 6.45) is 0.296. The van der Waals surface area contributed by atoms with Crippen molar-refractivity contribution in [1.29, 1.82) is 0 Å². The molecule has 2 aliphatic rings. The Morgan fingerprint density at radius 2 is 2.13 bits per heavy atom. The number of hydrogen-bond acceptors (Lipinski definition) is 7. The lowest BCUT2D eigenvalue weighted by molar-refractivity contribution is -0.164. The van der Waals surface area contributed by atoms with Crippen molar-refractivity contribution in [3.63, 3.8) is 0 Å². The zero-order valence-corrected chi connectivity index (χ0v) is 17.8. The van der Waals surface area contributed by atoms with Crippen molar-refractivity contribution in [2.75, 3.05) is 25.4 Å². The molecule has 0 spiro atoms. The van der Waals surface area contributed by atoms with E-state index in [-0.39, 0.29) is 35.1 Å². The van der Waals surface area contributed by atoms with Crippen LogP contribution in [0.5, 0.6) is 0 Å². The van der Waals surface area contributed by atoms with E-state index in [0.29, 0.717) is 26.0 Å². The predicted octanol–water partition coefficient (Wildman–Crippen LogP) is 0.437. The molecule has 31 heavy (non-hydrogen) atoms. The first-order chi connectivity index (χ1) is 14.8. The van der Waals surface area contributed by atoms with E-state index in [1.54, 1.807) is 19.1 Å². The molecule has 2 heterocycles. The highest BCUT2D eigenvalue weighted by Gasteiger charge is 2.40. The number of halogens is 1. The van der Waals surface area contributed by atoms with E-state index < -0.39 is 36.2 Å². The number of nitrogen functional groups attached to an aromatic ring is 1. The van der Waals surface area contributed by atoms with Crippen LogP contribution in [-0.4, -0.2) is 66.7 Å². The van der Waals surface area contributed by atoms with Gasteiger partial charge in [0, 0.05) is 13.2 Å². The van der Waals surface area contributed by atoms with Gasteiger partial charge in [-0.3, -0.25) is 19.2 Å². The Hall–Kier alpha value is -2.85. The Morgan fingerprint density at radius 3 is 2.87 bits per heavy atom. The van der Waals surface area contributed by atoms with Gasteiger partial charge in [0.15, 0.2) is 0 Å². The monoisotopic (exact) mass is 452 g/mol. The first-order valence-electron chi connectivity index (χ1n) is 10.0. The van der Waals surface area contributed by atoms with E-state index in [9.17, 15) is 19.2 Å². The smallest absolute Gasteiger partial charge is 0.310 e. The van der Waals surface area contributed by atoms with E-state index in [4.69, 9.17) is 26.8 Å². The first kappa shape index (κ1) is 22.8. The molecule has 1 aromatic rings. The van der Waals surface area contributed by atoms with Gasteiger partial charge in [-0.2, -0.15) is 0 Å². The van der Waals surface area contributed by atoms with Crippen molar-refractivity contribution in [2.45, 2.75) is 44.6 Å². The molecule has 0 radical (unpaired) electrons. The van der Waals surface area contributed by atoms with E-state index in [1.165, 1.54) is 11.0 Å². The molecule has 4 N–H and O–H groups in total. The topological polar surface area (TPSA) is 140 Å². The number of carbonyl (C=O) groups is 4. The normalized spacial score (nSPS) is 22.8. The molecule has 3 atom stereocenters. The average molecular weight is 453 g/mol. The molecule has 2 aliphatic heterocycles. The Balaban J connectivity index is 1.57. The molecule has 3 rings (SSSR count). The quantitative estimate of drug-likeness (QED) is 0.402. The van der Waals surface area contributed by atoms with Gasteiger partial charge in [-0.25, -0.2) is 0 Å². The maximum Gasteiger partial charge on any atom is 0.310 e. The lowest BCUT2D eigenvalue weighted by Gasteiger charge is -2.26. The van der Waals surface area contributed by atoms with Gasteiger partial charge < -0.3 is 30.7 Å². The second-order valence-electron chi connectivity index (χ2n) is 7.27. The number of amides is 3. The minimum atomic E-state index is -0.839. The third-order valence-corrected chi connectivity index (χ3v) is 5.59. The second kappa shape index (κ2) is 9.97. The molecule has 11 heteroatoms. The summed E-state index contributed by atoms with van der Waals surface area (Å²) in [5.74, 6) is -1.77. The lowest BCUT2D eigenvalue weighted by Crippen LogP contribution is -2.52. The molecule has 1 aromatic carbocycles. The number of likely N-dealkylation sites (tertiary alicyclic amines) is 1. The predicted molar refractivity (Wildman–Crippen MR) is 111 cm³/mol. The van der Waals surface area contributed by atoms with Crippen LogP contribution in [0.1, 0.15) is 36.5 Å². The first-order valence-corrected chi connectivity index (χ1v) is 10.4. The minimum Gasteiger partial charge on any atom is -0.433 e. The van der Waals surface area contributed by atoms with Crippen LogP contribution in [0.2, 0.25) is 5.02 Å². The number of ether oxygens (including phenoxy) is 2. The number of cyclic esters (lactones) is 1. The molecular weight excluding hydrogens is 428 g/mol. The number of nitrogens with two attached hydrogens (primary N) is 1. The molecule has 2 saturated heterocycles. The highest BCUT2D eigenvalue weighted by Crippen LogP contribution is 2.23. The number of hydrogen-bond donors (Lipinski definition) is 3. The number of carbonyl (C=O) groups excluding carboxylic acids is 4. The maximum absolute atomic E-state index is 12.8. The van der Waals surface area contributed by atoms with Crippen LogP contribution in [0.4, 0.5) is 5.69 Å². The van der Waals surface area contributed by atoms with Crippen LogP contribution in [0.3, 0.4) is 0 Å². The van der Waals surface area contributed by atoms with E-state index >= 15 is 0 Å². The number of rotatable bonds is 7. The van der Waals surface area contributed by atoms with Crippen molar-refractivity contribution >= 4 is 41.0 Å². The molecule has 0 bridgehead atoms.